The molecule has 0 aromatic heterocycles. The van der Waals surface area contributed by atoms with Crippen molar-refractivity contribution in [1.82, 2.24) is 4.90 Å². The predicted molar refractivity (Wildman–Crippen MR) is 124 cm³/mol. The molecular formula is C25H31NO5S. The average molecular weight is 458 g/mol. The van der Waals surface area contributed by atoms with Crippen LogP contribution in [0.3, 0.4) is 0 Å². The highest BCUT2D eigenvalue weighted by Gasteiger charge is 2.41. The van der Waals surface area contributed by atoms with Crippen molar-refractivity contribution in [2.45, 2.75) is 62.6 Å². The van der Waals surface area contributed by atoms with Gasteiger partial charge < -0.3 is 14.4 Å². The Morgan fingerprint density at radius 3 is 2.22 bits per heavy atom. The Balaban J connectivity index is 1.48. The van der Waals surface area contributed by atoms with Crippen molar-refractivity contribution in [3.05, 3.63) is 48.0 Å². The molecule has 1 fully saturated rings. The Hall–Kier alpha value is -2.54. The number of benzene rings is 2. The standard InChI is InChI=1S/C25H31NO5S/c1-24(2,3)31-23(27)26-15-13-25(14-16-26)12-11-19-5-6-20(17-22(19)30-25)18-7-9-21(10-8-18)32(4,28)29/h5-10,17H,11-16H2,1-4H3. The summed E-state index contributed by atoms with van der Waals surface area (Å²) in [6.45, 7) is 6.88. The molecule has 4 rings (SSSR count). The fourth-order valence-electron chi connectivity index (χ4n) is 4.35. The molecule has 2 aromatic rings. The van der Waals surface area contributed by atoms with Crippen molar-refractivity contribution in [1.29, 1.82) is 0 Å². The number of ether oxygens (including phenoxy) is 2. The van der Waals surface area contributed by atoms with Crippen LogP contribution in [0.4, 0.5) is 4.79 Å². The lowest BCUT2D eigenvalue weighted by atomic mass is 9.83. The number of aryl methyl sites for hydroxylation is 1. The maximum absolute atomic E-state index is 12.4. The molecule has 0 radical (unpaired) electrons. The largest absolute Gasteiger partial charge is 0.487 e. The van der Waals surface area contributed by atoms with Crippen LogP contribution in [0, 0.1) is 0 Å². The van der Waals surface area contributed by atoms with E-state index >= 15 is 0 Å². The van der Waals surface area contributed by atoms with E-state index in [1.54, 1.807) is 17.0 Å². The molecule has 2 aliphatic rings. The zero-order valence-electron chi connectivity index (χ0n) is 19.2. The molecule has 0 bridgehead atoms. The van der Waals surface area contributed by atoms with Crippen molar-refractivity contribution < 1.29 is 22.7 Å². The zero-order chi connectivity index (χ0) is 23.1. The average Bonchev–Trinajstić information content (AvgIpc) is 2.72. The molecule has 0 saturated carbocycles. The van der Waals surface area contributed by atoms with Crippen molar-refractivity contribution >= 4 is 15.9 Å². The van der Waals surface area contributed by atoms with Gasteiger partial charge >= 0.3 is 6.09 Å². The summed E-state index contributed by atoms with van der Waals surface area (Å²) >= 11 is 0. The third-order valence-electron chi connectivity index (χ3n) is 6.19. The summed E-state index contributed by atoms with van der Waals surface area (Å²) in [5.41, 5.74) is 2.36. The lowest BCUT2D eigenvalue weighted by Gasteiger charge is -2.44. The molecule has 0 atom stereocenters. The van der Waals surface area contributed by atoms with Gasteiger partial charge in [-0.05, 0) is 68.5 Å². The fraction of sp³-hybridized carbons (Fsp3) is 0.480. The molecule has 1 saturated heterocycles. The Morgan fingerprint density at radius 1 is 1.00 bits per heavy atom. The van der Waals surface area contributed by atoms with Crippen LogP contribution in [0.2, 0.25) is 0 Å². The maximum atomic E-state index is 12.4. The topological polar surface area (TPSA) is 72.9 Å². The minimum atomic E-state index is -3.22. The van der Waals surface area contributed by atoms with Gasteiger partial charge in [0.2, 0.25) is 0 Å². The van der Waals surface area contributed by atoms with E-state index in [1.807, 2.05) is 39.0 Å². The number of nitrogens with zero attached hydrogens (tertiary/aromatic N) is 1. The quantitative estimate of drug-likeness (QED) is 0.644. The monoisotopic (exact) mass is 457 g/mol. The van der Waals surface area contributed by atoms with E-state index < -0.39 is 15.4 Å². The smallest absolute Gasteiger partial charge is 0.410 e. The number of amides is 1. The summed E-state index contributed by atoms with van der Waals surface area (Å²) in [4.78, 5) is 14.5. The number of rotatable bonds is 2. The van der Waals surface area contributed by atoms with Crippen molar-refractivity contribution in [3.8, 4) is 16.9 Å². The molecule has 1 amide bonds. The number of hydrogen-bond acceptors (Lipinski definition) is 5. The maximum Gasteiger partial charge on any atom is 0.410 e. The predicted octanol–water partition coefficient (Wildman–Crippen LogP) is 4.85. The van der Waals surface area contributed by atoms with Gasteiger partial charge in [0.1, 0.15) is 17.0 Å². The Bertz CT molecular complexity index is 1110. The molecule has 0 N–H and O–H groups in total. The molecule has 2 aromatic carbocycles. The summed E-state index contributed by atoms with van der Waals surface area (Å²) in [5, 5.41) is 0. The van der Waals surface area contributed by atoms with E-state index in [2.05, 4.69) is 12.1 Å². The number of likely N-dealkylation sites (tertiary alicyclic amines) is 1. The molecule has 1 spiro atoms. The molecule has 172 valence electrons. The summed E-state index contributed by atoms with van der Waals surface area (Å²) in [6.07, 6.45) is 4.38. The second kappa shape index (κ2) is 8.10. The van der Waals surface area contributed by atoms with Crippen molar-refractivity contribution in [2.75, 3.05) is 19.3 Å². The van der Waals surface area contributed by atoms with E-state index in [9.17, 15) is 13.2 Å². The number of carbonyl (C=O) groups excluding carboxylic acids is 1. The van der Waals surface area contributed by atoms with Gasteiger partial charge in [-0.1, -0.05) is 24.3 Å². The van der Waals surface area contributed by atoms with Crippen LogP contribution >= 0.6 is 0 Å². The minimum absolute atomic E-state index is 0.260. The number of fused-ring (bicyclic) bond motifs is 1. The van der Waals surface area contributed by atoms with Crippen LogP contribution in [0.1, 0.15) is 45.6 Å². The van der Waals surface area contributed by atoms with Gasteiger partial charge in [0.05, 0.1) is 4.90 Å². The van der Waals surface area contributed by atoms with Gasteiger partial charge in [0.15, 0.2) is 9.84 Å². The third kappa shape index (κ3) is 4.93. The van der Waals surface area contributed by atoms with E-state index in [0.29, 0.717) is 18.0 Å². The minimum Gasteiger partial charge on any atom is -0.487 e. The number of carbonyl (C=O) groups is 1. The van der Waals surface area contributed by atoms with E-state index in [0.717, 1.165) is 42.6 Å². The van der Waals surface area contributed by atoms with E-state index in [4.69, 9.17) is 9.47 Å². The molecular weight excluding hydrogens is 426 g/mol. The highest BCUT2D eigenvalue weighted by atomic mass is 32.2. The van der Waals surface area contributed by atoms with Gasteiger partial charge in [-0.2, -0.15) is 0 Å². The Kier molecular flexibility index (Phi) is 5.74. The van der Waals surface area contributed by atoms with Gasteiger partial charge in [-0.3, -0.25) is 0 Å². The van der Waals surface area contributed by atoms with Gasteiger partial charge in [-0.25, -0.2) is 13.2 Å². The molecule has 6 nitrogen and oxygen atoms in total. The first-order valence-corrected chi connectivity index (χ1v) is 12.9. The van der Waals surface area contributed by atoms with Crippen LogP contribution in [-0.4, -0.2) is 50.0 Å². The van der Waals surface area contributed by atoms with Gasteiger partial charge in [0.25, 0.3) is 0 Å². The highest BCUT2D eigenvalue weighted by molar-refractivity contribution is 7.90. The Labute approximate surface area is 190 Å². The molecule has 2 aliphatic heterocycles. The highest BCUT2D eigenvalue weighted by Crippen LogP contribution is 2.41. The van der Waals surface area contributed by atoms with Crippen LogP contribution in [-0.2, 0) is 21.0 Å². The number of piperidine rings is 1. The summed E-state index contributed by atoms with van der Waals surface area (Å²) in [5.74, 6) is 0.881. The first kappa shape index (κ1) is 22.6. The molecule has 2 heterocycles. The van der Waals surface area contributed by atoms with Crippen LogP contribution in [0.25, 0.3) is 11.1 Å². The molecule has 0 unspecified atom stereocenters. The number of sulfone groups is 1. The van der Waals surface area contributed by atoms with E-state index in [1.165, 1.54) is 11.8 Å². The first-order chi connectivity index (χ1) is 14.9. The Morgan fingerprint density at radius 2 is 1.62 bits per heavy atom. The van der Waals surface area contributed by atoms with Crippen molar-refractivity contribution in [3.63, 3.8) is 0 Å². The van der Waals surface area contributed by atoms with Crippen LogP contribution < -0.4 is 4.74 Å². The summed E-state index contributed by atoms with van der Waals surface area (Å²) in [7, 11) is -3.22. The number of hydrogen-bond donors (Lipinski definition) is 0. The third-order valence-corrected chi connectivity index (χ3v) is 7.31. The first-order valence-electron chi connectivity index (χ1n) is 11.0. The SMILES string of the molecule is CC(C)(C)OC(=O)N1CCC2(CCc3ccc(-c4ccc(S(C)(=O)=O)cc4)cc3O2)CC1. The second-order valence-electron chi connectivity index (χ2n) is 9.87. The normalized spacial score (nSPS) is 18.1. The van der Waals surface area contributed by atoms with E-state index in [-0.39, 0.29) is 11.7 Å². The molecule has 7 heteroatoms. The van der Waals surface area contributed by atoms with Crippen molar-refractivity contribution in [2.24, 2.45) is 0 Å². The lowest BCUT2D eigenvalue weighted by Crippen LogP contribution is -2.52. The lowest BCUT2D eigenvalue weighted by molar-refractivity contribution is -0.0272. The summed E-state index contributed by atoms with van der Waals surface area (Å²) < 4.78 is 35.5. The summed E-state index contributed by atoms with van der Waals surface area (Å²) in [6, 6.07) is 13.1. The van der Waals surface area contributed by atoms with Crippen LogP contribution in [0.5, 0.6) is 5.75 Å². The van der Waals surface area contributed by atoms with Gasteiger partial charge in [0, 0.05) is 32.2 Å². The molecule has 32 heavy (non-hydrogen) atoms. The molecule has 0 aliphatic carbocycles. The van der Waals surface area contributed by atoms with Gasteiger partial charge in [-0.15, -0.1) is 0 Å². The second-order valence-corrected chi connectivity index (χ2v) is 11.9. The fourth-order valence-corrected chi connectivity index (χ4v) is 4.98. The van der Waals surface area contributed by atoms with Crippen LogP contribution in [0.15, 0.2) is 47.4 Å². The zero-order valence-corrected chi connectivity index (χ0v) is 20.0.